The van der Waals surface area contributed by atoms with Crippen molar-refractivity contribution in [2.75, 3.05) is 0 Å². The third-order valence-electron chi connectivity index (χ3n) is 4.26. The molecule has 0 spiro atoms. The van der Waals surface area contributed by atoms with Crippen molar-refractivity contribution >= 4 is 12.2 Å². The topological polar surface area (TPSA) is 0 Å². The number of aryl methyl sites for hydroxylation is 4. The quantitative estimate of drug-likeness (QED) is 0.685. The number of hydrogen-bond acceptors (Lipinski definition) is 0. The minimum atomic E-state index is 1.26. The molecule has 0 saturated heterocycles. The Kier molecular flexibility index (Phi) is 2.16. The van der Waals surface area contributed by atoms with Crippen LogP contribution in [0.4, 0.5) is 0 Å². The van der Waals surface area contributed by atoms with E-state index in [1.807, 2.05) is 0 Å². The van der Waals surface area contributed by atoms with Gasteiger partial charge in [-0.25, -0.2) is 0 Å². The van der Waals surface area contributed by atoms with Crippen LogP contribution in [0.25, 0.3) is 12.2 Å². The van der Waals surface area contributed by atoms with Gasteiger partial charge in [-0.3, -0.25) is 0 Å². The molecule has 0 amide bonds. The maximum atomic E-state index is 2.33. The van der Waals surface area contributed by atoms with Crippen LogP contribution in [0.5, 0.6) is 0 Å². The lowest BCUT2D eigenvalue weighted by atomic mass is 9.86. The van der Waals surface area contributed by atoms with Gasteiger partial charge in [0.05, 0.1) is 0 Å². The largest absolute Gasteiger partial charge is 0.0582 e. The highest BCUT2D eigenvalue weighted by atomic mass is 14.2. The Morgan fingerprint density at radius 1 is 0.556 bits per heavy atom. The standard InChI is InChI=1S/C18H16/c1(13-3-5-15-7-9-17(15)11-13)2-14-4-6-16-8-10-18(16)12-14/h1-6,11-12H,7-10H2/b2-1-. The van der Waals surface area contributed by atoms with Gasteiger partial charge in [-0.1, -0.05) is 48.6 Å². The fraction of sp³-hybridized carbons (Fsp3) is 0.222. The fourth-order valence-corrected chi connectivity index (χ4v) is 2.83. The van der Waals surface area contributed by atoms with E-state index in [1.54, 1.807) is 0 Å². The molecule has 88 valence electrons. The van der Waals surface area contributed by atoms with E-state index < -0.39 is 0 Å². The molecule has 0 N–H and O–H groups in total. The monoisotopic (exact) mass is 232 g/mol. The van der Waals surface area contributed by atoms with Crippen LogP contribution in [-0.2, 0) is 25.7 Å². The molecule has 0 heteroatoms. The van der Waals surface area contributed by atoms with Gasteiger partial charge in [0.2, 0.25) is 0 Å². The highest BCUT2D eigenvalue weighted by Crippen LogP contribution is 2.26. The first-order chi connectivity index (χ1) is 8.88. The summed E-state index contributed by atoms with van der Waals surface area (Å²) in [5.41, 5.74) is 8.80. The van der Waals surface area contributed by atoms with Gasteiger partial charge >= 0.3 is 0 Å². The van der Waals surface area contributed by atoms with Gasteiger partial charge in [0.25, 0.3) is 0 Å². The van der Waals surface area contributed by atoms with Crippen LogP contribution < -0.4 is 0 Å². The summed E-state index contributed by atoms with van der Waals surface area (Å²) in [5.74, 6) is 0. The molecule has 0 aliphatic heterocycles. The van der Waals surface area contributed by atoms with Crippen molar-refractivity contribution in [3.8, 4) is 0 Å². The normalized spacial score (nSPS) is 15.8. The molecule has 2 aromatic rings. The predicted molar refractivity (Wildman–Crippen MR) is 76.6 cm³/mol. The molecule has 0 unspecified atom stereocenters. The maximum Gasteiger partial charge on any atom is -0.0235 e. The number of rotatable bonds is 2. The molecule has 2 aromatic carbocycles. The SMILES string of the molecule is C(=C/c1ccc2c(c1)CC2)/c1ccc2c(c1)CC2. The van der Waals surface area contributed by atoms with Crippen LogP contribution in [0.15, 0.2) is 36.4 Å². The number of benzene rings is 2. The number of fused-ring (bicyclic) bond motifs is 2. The van der Waals surface area contributed by atoms with Crippen molar-refractivity contribution in [2.24, 2.45) is 0 Å². The minimum absolute atomic E-state index is 1.26. The van der Waals surface area contributed by atoms with Crippen LogP contribution in [0.1, 0.15) is 33.4 Å². The minimum Gasteiger partial charge on any atom is -0.0582 e. The molecule has 2 aliphatic carbocycles. The van der Waals surface area contributed by atoms with Crippen molar-refractivity contribution in [1.29, 1.82) is 0 Å². The number of hydrogen-bond donors (Lipinski definition) is 0. The third-order valence-corrected chi connectivity index (χ3v) is 4.26. The zero-order valence-electron chi connectivity index (χ0n) is 10.4. The Labute approximate surface area is 108 Å². The second kappa shape index (κ2) is 3.84. The van der Waals surface area contributed by atoms with E-state index in [2.05, 4.69) is 48.6 Å². The summed E-state index contributed by atoms with van der Waals surface area (Å²) >= 11 is 0. The van der Waals surface area contributed by atoms with Crippen molar-refractivity contribution < 1.29 is 0 Å². The molecule has 0 fully saturated rings. The first kappa shape index (κ1) is 10.1. The molecule has 0 aromatic heterocycles. The van der Waals surface area contributed by atoms with E-state index in [0.717, 1.165) is 0 Å². The van der Waals surface area contributed by atoms with Gasteiger partial charge in [0.15, 0.2) is 0 Å². The second-order valence-electron chi connectivity index (χ2n) is 5.39. The van der Waals surface area contributed by atoms with Gasteiger partial charge < -0.3 is 0 Å². The fourth-order valence-electron chi connectivity index (χ4n) is 2.83. The van der Waals surface area contributed by atoms with E-state index in [0.29, 0.717) is 0 Å². The summed E-state index contributed by atoms with van der Waals surface area (Å²) in [6.07, 6.45) is 9.53. The molecule has 0 atom stereocenters. The summed E-state index contributed by atoms with van der Waals surface area (Å²) < 4.78 is 0. The van der Waals surface area contributed by atoms with E-state index in [1.165, 1.54) is 59.1 Å². The van der Waals surface area contributed by atoms with Crippen molar-refractivity contribution in [1.82, 2.24) is 0 Å². The maximum absolute atomic E-state index is 2.33. The van der Waals surface area contributed by atoms with Crippen molar-refractivity contribution in [3.63, 3.8) is 0 Å². The molecule has 0 saturated carbocycles. The highest BCUT2D eigenvalue weighted by molar-refractivity contribution is 5.71. The lowest BCUT2D eigenvalue weighted by Crippen LogP contribution is -2.07. The second-order valence-corrected chi connectivity index (χ2v) is 5.39. The lowest BCUT2D eigenvalue weighted by Gasteiger charge is -2.19. The van der Waals surface area contributed by atoms with Crippen LogP contribution in [0, 0.1) is 0 Å². The molecule has 0 heterocycles. The highest BCUT2D eigenvalue weighted by Gasteiger charge is 2.12. The summed E-state index contributed by atoms with van der Waals surface area (Å²) in [6.45, 7) is 0. The van der Waals surface area contributed by atoms with Crippen LogP contribution in [0.3, 0.4) is 0 Å². The first-order valence-corrected chi connectivity index (χ1v) is 6.80. The molecule has 2 aliphatic rings. The summed E-state index contributed by atoms with van der Waals surface area (Å²) in [5, 5.41) is 0. The Bertz CT molecular complexity index is 590. The van der Waals surface area contributed by atoms with Crippen molar-refractivity contribution in [2.45, 2.75) is 25.7 Å². The van der Waals surface area contributed by atoms with E-state index in [4.69, 9.17) is 0 Å². The molecule has 0 bridgehead atoms. The molecule has 18 heavy (non-hydrogen) atoms. The van der Waals surface area contributed by atoms with Gasteiger partial charge in [-0.2, -0.15) is 0 Å². The molecular formula is C18H16. The Morgan fingerprint density at radius 3 is 1.33 bits per heavy atom. The van der Waals surface area contributed by atoms with Crippen LogP contribution in [-0.4, -0.2) is 0 Å². The van der Waals surface area contributed by atoms with E-state index in [-0.39, 0.29) is 0 Å². The Morgan fingerprint density at radius 2 is 1.00 bits per heavy atom. The molecule has 0 radical (unpaired) electrons. The van der Waals surface area contributed by atoms with Crippen molar-refractivity contribution in [3.05, 3.63) is 69.8 Å². The van der Waals surface area contributed by atoms with Gasteiger partial charge in [0, 0.05) is 0 Å². The zero-order chi connectivity index (χ0) is 11.9. The lowest BCUT2D eigenvalue weighted by molar-refractivity contribution is 0.838. The summed E-state index contributed by atoms with van der Waals surface area (Å²) in [4.78, 5) is 0. The van der Waals surface area contributed by atoms with Gasteiger partial charge in [-0.05, 0) is 59.1 Å². The Balaban J connectivity index is 1.60. The van der Waals surface area contributed by atoms with Gasteiger partial charge in [-0.15, -0.1) is 0 Å². The first-order valence-electron chi connectivity index (χ1n) is 6.80. The van der Waals surface area contributed by atoms with E-state index in [9.17, 15) is 0 Å². The molecule has 0 nitrogen and oxygen atoms in total. The summed E-state index contributed by atoms with van der Waals surface area (Å²) in [6, 6.07) is 13.7. The third kappa shape index (κ3) is 1.60. The molecular weight excluding hydrogens is 216 g/mol. The Hall–Kier alpha value is -1.82. The predicted octanol–water partition coefficient (Wildman–Crippen LogP) is 4.05. The summed E-state index contributed by atoms with van der Waals surface area (Å²) in [7, 11) is 0. The average molecular weight is 232 g/mol. The smallest absolute Gasteiger partial charge is 0.0235 e. The van der Waals surface area contributed by atoms with E-state index >= 15 is 0 Å². The molecule has 4 rings (SSSR count). The van der Waals surface area contributed by atoms with Crippen LogP contribution >= 0.6 is 0 Å². The average Bonchev–Trinajstić information content (AvgIpc) is 2.32. The van der Waals surface area contributed by atoms with Gasteiger partial charge in [0.1, 0.15) is 0 Å². The zero-order valence-corrected chi connectivity index (χ0v) is 10.4. The van der Waals surface area contributed by atoms with Crippen LogP contribution in [0.2, 0.25) is 0 Å².